The average molecular weight is 376 g/mol. The number of hydrogen-bond donors (Lipinski definition) is 3. The summed E-state index contributed by atoms with van der Waals surface area (Å²) in [4.78, 5) is 10.8. The van der Waals surface area contributed by atoms with Gasteiger partial charge in [-0.2, -0.15) is 0 Å². The highest BCUT2D eigenvalue weighted by Gasteiger charge is 2.29. The largest absolute Gasteiger partial charge is 0.598 e. The van der Waals surface area contributed by atoms with E-state index in [1.165, 1.54) is 18.2 Å². The Hall–Kier alpha value is -1.55. The third-order valence-corrected chi connectivity index (χ3v) is 4.87. The number of primary amides is 1. The van der Waals surface area contributed by atoms with Gasteiger partial charge in [-0.15, -0.1) is 4.72 Å². The number of hydrogen-bond acceptors (Lipinski definition) is 6. The molecule has 0 heterocycles. The van der Waals surface area contributed by atoms with Crippen molar-refractivity contribution in [3.8, 4) is 5.75 Å². The molecule has 0 aliphatic carbocycles. The van der Waals surface area contributed by atoms with E-state index in [4.69, 9.17) is 15.6 Å². The van der Waals surface area contributed by atoms with Crippen LogP contribution < -0.4 is 15.2 Å². The zero-order valence-corrected chi connectivity index (χ0v) is 15.6. The quantitative estimate of drug-likeness (QED) is 0.595. The standard InChI is InChI=1S/C16H25FN2O5S/c1-10(19-25(22)16(2,3)4)13-7-11(17)5-6-14(13)23-9-12(8-20)24-15(18)21/h5-7,10,12,19-20H,8-9H2,1-4H3,(H2,18,21)/t10-,12?,25?/m1/s1. The summed E-state index contributed by atoms with van der Waals surface area (Å²) in [6.07, 6.45) is -1.97. The van der Waals surface area contributed by atoms with Gasteiger partial charge in [0.2, 0.25) is 0 Å². The van der Waals surface area contributed by atoms with Crippen LogP contribution in [0.4, 0.5) is 9.18 Å². The van der Waals surface area contributed by atoms with E-state index in [-0.39, 0.29) is 6.61 Å². The number of carbonyl (C=O) groups excluding carboxylic acids is 1. The normalized spacial score (nSPS) is 15.3. The third kappa shape index (κ3) is 7.07. The highest BCUT2D eigenvalue weighted by molar-refractivity contribution is 7.90. The first-order valence-corrected chi connectivity index (χ1v) is 8.86. The summed E-state index contributed by atoms with van der Waals surface area (Å²) in [6.45, 7) is 6.56. The fourth-order valence-corrected chi connectivity index (χ4v) is 2.66. The molecule has 3 atom stereocenters. The molecule has 1 amide bonds. The van der Waals surface area contributed by atoms with Crippen LogP contribution >= 0.6 is 0 Å². The van der Waals surface area contributed by atoms with Gasteiger partial charge < -0.3 is 24.9 Å². The van der Waals surface area contributed by atoms with E-state index in [1.807, 2.05) is 20.8 Å². The number of ether oxygens (including phenoxy) is 2. The molecule has 1 aromatic carbocycles. The van der Waals surface area contributed by atoms with E-state index in [0.717, 1.165) is 0 Å². The van der Waals surface area contributed by atoms with Crippen molar-refractivity contribution in [2.24, 2.45) is 5.73 Å². The molecule has 142 valence electrons. The van der Waals surface area contributed by atoms with Gasteiger partial charge in [0.25, 0.3) is 0 Å². The monoisotopic (exact) mass is 376 g/mol. The number of aliphatic hydroxyl groups excluding tert-OH is 1. The van der Waals surface area contributed by atoms with E-state index in [2.05, 4.69) is 9.46 Å². The summed E-state index contributed by atoms with van der Waals surface area (Å²) in [5.74, 6) is -0.150. The van der Waals surface area contributed by atoms with Crippen molar-refractivity contribution in [1.82, 2.24) is 4.72 Å². The summed E-state index contributed by atoms with van der Waals surface area (Å²) in [6, 6.07) is 3.45. The zero-order chi connectivity index (χ0) is 19.2. The maximum absolute atomic E-state index is 13.6. The first-order chi connectivity index (χ1) is 11.5. The Balaban J connectivity index is 2.89. The van der Waals surface area contributed by atoms with Gasteiger partial charge in [-0.05, 0) is 45.9 Å². The Morgan fingerprint density at radius 2 is 2.12 bits per heavy atom. The van der Waals surface area contributed by atoms with Crippen LogP contribution in [0.1, 0.15) is 39.3 Å². The molecule has 0 radical (unpaired) electrons. The molecular formula is C16H25FN2O5S. The molecule has 0 bridgehead atoms. The molecule has 0 fully saturated rings. The molecule has 1 aromatic rings. The molecule has 4 N–H and O–H groups in total. The number of rotatable bonds is 8. The molecule has 1 rings (SSSR count). The van der Waals surface area contributed by atoms with Gasteiger partial charge in [0.1, 0.15) is 22.9 Å². The minimum Gasteiger partial charge on any atom is -0.598 e. The number of carbonyl (C=O) groups is 1. The molecule has 0 aliphatic rings. The average Bonchev–Trinajstić information content (AvgIpc) is 2.50. The maximum atomic E-state index is 13.6. The van der Waals surface area contributed by atoms with Gasteiger partial charge in [-0.1, -0.05) is 0 Å². The molecule has 0 aromatic heterocycles. The van der Waals surface area contributed by atoms with E-state index >= 15 is 0 Å². The Bertz CT molecular complexity index is 582. The SMILES string of the molecule is C[C@@H](N[S+]([O-])C(C)(C)C)c1cc(F)ccc1OCC(CO)OC(N)=O. The topological polar surface area (TPSA) is 117 Å². The van der Waals surface area contributed by atoms with Crippen LogP contribution in [0.25, 0.3) is 0 Å². The maximum Gasteiger partial charge on any atom is 0.404 e. The minimum absolute atomic E-state index is 0.160. The van der Waals surface area contributed by atoms with Crippen molar-refractivity contribution in [2.45, 2.75) is 44.6 Å². The van der Waals surface area contributed by atoms with Crippen molar-refractivity contribution >= 4 is 17.5 Å². The Morgan fingerprint density at radius 1 is 1.48 bits per heavy atom. The predicted molar refractivity (Wildman–Crippen MR) is 92.9 cm³/mol. The fraction of sp³-hybridized carbons (Fsp3) is 0.562. The van der Waals surface area contributed by atoms with Crippen molar-refractivity contribution in [2.75, 3.05) is 13.2 Å². The van der Waals surface area contributed by atoms with Gasteiger partial charge in [0.15, 0.2) is 6.10 Å². The van der Waals surface area contributed by atoms with Crippen molar-refractivity contribution in [3.05, 3.63) is 29.6 Å². The lowest BCUT2D eigenvalue weighted by Gasteiger charge is -2.27. The fourth-order valence-electron chi connectivity index (χ4n) is 1.86. The molecule has 7 nitrogen and oxygen atoms in total. The van der Waals surface area contributed by atoms with Gasteiger partial charge in [0, 0.05) is 16.9 Å². The summed E-state index contributed by atoms with van der Waals surface area (Å²) in [5.41, 5.74) is 5.36. The van der Waals surface area contributed by atoms with Crippen molar-refractivity contribution in [3.63, 3.8) is 0 Å². The lowest BCUT2D eigenvalue weighted by molar-refractivity contribution is 0.0332. The molecule has 25 heavy (non-hydrogen) atoms. The molecule has 0 spiro atoms. The Morgan fingerprint density at radius 3 is 2.64 bits per heavy atom. The van der Waals surface area contributed by atoms with Crippen LogP contribution in [0.5, 0.6) is 5.75 Å². The second kappa shape index (κ2) is 9.23. The first-order valence-electron chi connectivity index (χ1n) is 7.71. The number of nitrogens with two attached hydrogens (primary N) is 1. The molecule has 0 saturated heterocycles. The molecule has 0 saturated carbocycles. The van der Waals surface area contributed by atoms with E-state index < -0.39 is 46.8 Å². The highest BCUT2D eigenvalue weighted by Crippen LogP contribution is 2.28. The highest BCUT2D eigenvalue weighted by atomic mass is 32.2. The van der Waals surface area contributed by atoms with Crippen LogP contribution in [-0.2, 0) is 16.1 Å². The van der Waals surface area contributed by atoms with E-state index in [1.54, 1.807) is 6.92 Å². The molecule has 9 heteroatoms. The molecule has 2 unspecified atom stereocenters. The minimum atomic E-state index is -1.36. The number of amides is 1. The van der Waals surface area contributed by atoms with Crippen LogP contribution in [0.3, 0.4) is 0 Å². The number of halogens is 1. The summed E-state index contributed by atoms with van der Waals surface area (Å²) < 4.78 is 38.5. The van der Waals surface area contributed by atoms with E-state index in [9.17, 15) is 13.7 Å². The number of aliphatic hydroxyl groups is 1. The van der Waals surface area contributed by atoms with Crippen molar-refractivity contribution in [1.29, 1.82) is 0 Å². The molecular weight excluding hydrogens is 351 g/mol. The van der Waals surface area contributed by atoms with Gasteiger partial charge in [-0.3, -0.25) is 0 Å². The second-order valence-corrected chi connectivity index (χ2v) is 8.45. The first kappa shape index (κ1) is 21.5. The lowest BCUT2D eigenvalue weighted by Crippen LogP contribution is -2.40. The van der Waals surface area contributed by atoms with Crippen LogP contribution in [0.15, 0.2) is 18.2 Å². The number of nitrogens with one attached hydrogen (secondary N) is 1. The van der Waals surface area contributed by atoms with Crippen molar-refractivity contribution < 1.29 is 28.3 Å². The van der Waals surface area contributed by atoms with Crippen LogP contribution in [0, 0.1) is 5.82 Å². The zero-order valence-electron chi connectivity index (χ0n) is 14.7. The number of benzene rings is 1. The van der Waals surface area contributed by atoms with Crippen LogP contribution in [0.2, 0.25) is 0 Å². The Labute approximate surface area is 150 Å². The second-order valence-electron chi connectivity index (χ2n) is 6.46. The van der Waals surface area contributed by atoms with Gasteiger partial charge in [0.05, 0.1) is 12.6 Å². The third-order valence-electron chi connectivity index (χ3n) is 3.19. The summed E-state index contributed by atoms with van der Waals surface area (Å²) >= 11 is -1.36. The smallest absolute Gasteiger partial charge is 0.404 e. The Kier molecular flexibility index (Phi) is 7.94. The van der Waals surface area contributed by atoms with Gasteiger partial charge in [-0.25, -0.2) is 9.18 Å². The lowest BCUT2D eigenvalue weighted by atomic mass is 10.1. The van der Waals surface area contributed by atoms with E-state index in [0.29, 0.717) is 11.3 Å². The summed E-state index contributed by atoms with van der Waals surface area (Å²) in [5, 5.41) is 9.16. The summed E-state index contributed by atoms with van der Waals surface area (Å²) in [7, 11) is 0. The van der Waals surface area contributed by atoms with Gasteiger partial charge >= 0.3 is 6.09 Å². The molecule has 0 aliphatic heterocycles. The predicted octanol–water partition coefficient (Wildman–Crippen LogP) is 1.77. The van der Waals surface area contributed by atoms with Crippen LogP contribution in [-0.4, -0.2) is 39.8 Å².